The molecule has 0 radical (unpaired) electrons. The van der Waals surface area contributed by atoms with Crippen molar-refractivity contribution in [2.75, 3.05) is 6.54 Å². The summed E-state index contributed by atoms with van der Waals surface area (Å²) >= 11 is 1.28. The summed E-state index contributed by atoms with van der Waals surface area (Å²) in [7, 11) is 0. The highest BCUT2D eigenvalue weighted by Gasteiger charge is 2.32. The minimum Gasteiger partial charge on any atom is -0.489 e. The van der Waals surface area contributed by atoms with Gasteiger partial charge in [0.1, 0.15) is 12.4 Å². The lowest BCUT2D eigenvalue weighted by Gasteiger charge is -2.12. The number of amides is 1. The van der Waals surface area contributed by atoms with Crippen LogP contribution in [0.2, 0.25) is 0 Å². The van der Waals surface area contributed by atoms with E-state index < -0.39 is 5.97 Å². The summed E-state index contributed by atoms with van der Waals surface area (Å²) in [6.45, 7) is 4.89. The Labute approximate surface area is 202 Å². The minimum atomic E-state index is -1.02. The van der Waals surface area contributed by atoms with Crippen molar-refractivity contribution in [1.29, 1.82) is 0 Å². The second-order valence-electron chi connectivity index (χ2n) is 7.75. The lowest BCUT2D eigenvalue weighted by atomic mass is 10.1. The summed E-state index contributed by atoms with van der Waals surface area (Å²) in [5, 5.41) is 9.73. The third kappa shape index (κ3) is 5.55. The van der Waals surface area contributed by atoms with Crippen LogP contribution >= 0.6 is 11.8 Å². The fourth-order valence-corrected chi connectivity index (χ4v) is 4.41. The monoisotopic (exact) mass is 472 g/mol. The fraction of sp³-hybridized carbons (Fsp3) is 0.148. The fourth-order valence-electron chi connectivity index (χ4n) is 3.35. The maximum atomic E-state index is 12.9. The number of likely N-dealkylation sites (N-methyl/N-ethyl adjacent to an activating group) is 1. The van der Waals surface area contributed by atoms with E-state index in [1.165, 1.54) is 29.5 Å². The highest BCUT2D eigenvalue weighted by atomic mass is 32.2. The average Bonchev–Trinajstić information content (AvgIpc) is 3.13. The molecule has 0 spiro atoms. The van der Waals surface area contributed by atoms with Crippen molar-refractivity contribution < 1.29 is 19.4 Å². The summed E-state index contributed by atoms with van der Waals surface area (Å²) in [6.07, 6.45) is 1.83. The Morgan fingerprint density at radius 3 is 2.50 bits per heavy atom. The molecular weight excluding hydrogens is 448 g/mol. The lowest BCUT2D eigenvalue weighted by molar-refractivity contribution is -0.122. The van der Waals surface area contributed by atoms with Crippen LogP contribution in [-0.2, 0) is 11.4 Å². The van der Waals surface area contributed by atoms with E-state index in [0.717, 1.165) is 16.9 Å². The van der Waals surface area contributed by atoms with Gasteiger partial charge in [0.2, 0.25) is 0 Å². The van der Waals surface area contributed by atoms with Crippen molar-refractivity contribution >= 4 is 40.6 Å². The van der Waals surface area contributed by atoms with E-state index in [9.17, 15) is 14.7 Å². The molecule has 4 rings (SSSR count). The molecule has 172 valence electrons. The average molecular weight is 473 g/mol. The first-order chi connectivity index (χ1) is 16.4. The number of carbonyl (C=O) groups is 2. The Kier molecular flexibility index (Phi) is 7.13. The quantitative estimate of drug-likeness (QED) is 0.433. The number of aliphatic imine (C=N–C) groups is 1. The van der Waals surface area contributed by atoms with Crippen molar-refractivity contribution in [1.82, 2.24) is 4.90 Å². The molecule has 1 aliphatic heterocycles. The number of ether oxygens (including phenoxy) is 1. The first kappa shape index (κ1) is 23.3. The molecule has 0 aliphatic carbocycles. The minimum absolute atomic E-state index is 0.125. The molecule has 3 aromatic carbocycles. The Balaban J connectivity index is 1.48. The van der Waals surface area contributed by atoms with E-state index in [-0.39, 0.29) is 11.5 Å². The van der Waals surface area contributed by atoms with E-state index in [2.05, 4.69) is 24.0 Å². The van der Waals surface area contributed by atoms with Crippen LogP contribution in [0.3, 0.4) is 0 Å². The van der Waals surface area contributed by atoms with Gasteiger partial charge in [0.25, 0.3) is 5.91 Å². The lowest BCUT2D eigenvalue weighted by Crippen LogP contribution is -2.28. The number of nitrogens with zero attached hydrogens (tertiary/aromatic N) is 2. The van der Waals surface area contributed by atoms with E-state index in [1.54, 1.807) is 17.0 Å². The molecule has 34 heavy (non-hydrogen) atoms. The van der Waals surface area contributed by atoms with Crippen LogP contribution in [0.1, 0.15) is 34.0 Å². The van der Waals surface area contributed by atoms with Gasteiger partial charge in [-0.1, -0.05) is 48.0 Å². The molecule has 1 aliphatic rings. The highest BCUT2D eigenvalue weighted by molar-refractivity contribution is 8.18. The van der Waals surface area contributed by atoms with Gasteiger partial charge in [-0.15, -0.1) is 0 Å². The number of aromatic carboxylic acids is 1. The normalized spacial score (nSPS) is 15.8. The number of rotatable bonds is 7. The Morgan fingerprint density at radius 1 is 1.09 bits per heavy atom. The number of thioether (sulfide) groups is 1. The number of carboxylic acid groups (broad SMARTS) is 1. The Morgan fingerprint density at radius 2 is 1.82 bits per heavy atom. The van der Waals surface area contributed by atoms with E-state index >= 15 is 0 Å². The van der Waals surface area contributed by atoms with Crippen LogP contribution in [0.5, 0.6) is 5.75 Å². The van der Waals surface area contributed by atoms with Crippen LogP contribution in [-0.4, -0.2) is 33.6 Å². The van der Waals surface area contributed by atoms with Crippen molar-refractivity contribution in [2.24, 2.45) is 4.99 Å². The molecule has 1 amide bonds. The summed E-state index contributed by atoms with van der Waals surface area (Å²) in [5.74, 6) is -0.388. The standard InChI is InChI=1S/C27H24N2O4S/c1-3-29-25(30)24(34-27(29)28-22-6-4-5-21(16-22)26(31)32)15-19-11-13-23(14-12-19)33-17-20-9-7-18(2)8-10-20/h4-16H,3,17H2,1-2H3,(H,31,32)/b24-15-,28-27?. The topological polar surface area (TPSA) is 79.2 Å². The smallest absolute Gasteiger partial charge is 0.335 e. The van der Waals surface area contributed by atoms with Gasteiger partial charge in [-0.05, 0) is 73.1 Å². The van der Waals surface area contributed by atoms with Crippen molar-refractivity contribution in [3.05, 3.63) is 100.0 Å². The zero-order valence-electron chi connectivity index (χ0n) is 18.9. The van der Waals surface area contributed by atoms with Crippen LogP contribution in [0.4, 0.5) is 5.69 Å². The second kappa shape index (κ2) is 10.4. The predicted octanol–water partition coefficient (Wildman–Crippen LogP) is 5.90. The zero-order chi connectivity index (χ0) is 24.1. The number of carbonyl (C=O) groups excluding carboxylic acids is 1. The van der Waals surface area contributed by atoms with Crippen LogP contribution in [0, 0.1) is 6.92 Å². The van der Waals surface area contributed by atoms with Gasteiger partial charge in [-0.2, -0.15) is 0 Å². The second-order valence-corrected chi connectivity index (χ2v) is 8.76. The van der Waals surface area contributed by atoms with Crippen molar-refractivity contribution in [3.63, 3.8) is 0 Å². The molecule has 0 aromatic heterocycles. The molecule has 0 saturated carbocycles. The molecule has 1 saturated heterocycles. The van der Waals surface area contributed by atoms with Crippen LogP contribution in [0.25, 0.3) is 6.08 Å². The molecule has 1 heterocycles. The molecule has 6 nitrogen and oxygen atoms in total. The molecule has 7 heteroatoms. The molecule has 0 atom stereocenters. The highest BCUT2D eigenvalue weighted by Crippen LogP contribution is 2.34. The van der Waals surface area contributed by atoms with E-state index in [1.807, 2.05) is 49.4 Å². The van der Waals surface area contributed by atoms with Gasteiger partial charge in [-0.3, -0.25) is 9.69 Å². The summed E-state index contributed by atoms with van der Waals surface area (Å²) in [4.78, 5) is 30.8. The first-order valence-corrected chi connectivity index (χ1v) is 11.7. The third-order valence-electron chi connectivity index (χ3n) is 5.23. The summed E-state index contributed by atoms with van der Waals surface area (Å²) in [6, 6.07) is 22.2. The maximum Gasteiger partial charge on any atom is 0.335 e. The Hall–Kier alpha value is -3.84. The largest absolute Gasteiger partial charge is 0.489 e. The van der Waals surface area contributed by atoms with Crippen LogP contribution < -0.4 is 4.74 Å². The summed E-state index contributed by atoms with van der Waals surface area (Å²) < 4.78 is 5.86. The SMILES string of the molecule is CCN1C(=O)/C(=C/c2ccc(OCc3ccc(C)cc3)cc2)SC1=Nc1cccc(C(=O)O)c1. The number of hydrogen-bond donors (Lipinski definition) is 1. The van der Waals surface area contributed by atoms with Gasteiger partial charge in [0.15, 0.2) is 5.17 Å². The first-order valence-electron chi connectivity index (χ1n) is 10.8. The maximum absolute atomic E-state index is 12.9. The van der Waals surface area contributed by atoms with Crippen molar-refractivity contribution in [2.45, 2.75) is 20.5 Å². The third-order valence-corrected chi connectivity index (χ3v) is 6.23. The molecule has 0 bridgehead atoms. The number of benzene rings is 3. The molecule has 0 unspecified atom stereocenters. The van der Waals surface area contributed by atoms with E-state index in [4.69, 9.17) is 4.74 Å². The molecule has 1 fully saturated rings. The number of carboxylic acids is 1. The number of hydrogen-bond acceptors (Lipinski definition) is 5. The number of aryl methyl sites for hydroxylation is 1. The van der Waals surface area contributed by atoms with Gasteiger partial charge in [0.05, 0.1) is 16.2 Å². The molecular formula is C27H24N2O4S. The molecule has 3 aromatic rings. The van der Waals surface area contributed by atoms with Gasteiger partial charge in [0, 0.05) is 6.54 Å². The van der Waals surface area contributed by atoms with Crippen LogP contribution in [0.15, 0.2) is 82.7 Å². The Bertz CT molecular complexity index is 1260. The van der Waals surface area contributed by atoms with E-state index in [0.29, 0.717) is 28.9 Å². The van der Waals surface area contributed by atoms with Crippen molar-refractivity contribution in [3.8, 4) is 5.75 Å². The number of amidine groups is 1. The van der Waals surface area contributed by atoms with Gasteiger partial charge in [-0.25, -0.2) is 9.79 Å². The zero-order valence-corrected chi connectivity index (χ0v) is 19.7. The predicted molar refractivity (Wildman–Crippen MR) is 135 cm³/mol. The van der Waals surface area contributed by atoms with Gasteiger partial charge < -0.3 is 9.84 Å². The summed E-state index contributed by atoms with van der Waals surface area (Å²) in [5.41, 5.74) is 3.84. The molecule has 1 N–H and O–H groups in total. The van der Waals surface area contributed by atoms with Gasteiger partial charge >= 0.3 is 5.97 Å².